The summed E-state index contributed by atoms with van der Waals surface area (Å²) in [7, 11) is 0. The van der Waals surface area contributed by atoms with Gasteiger partial charge in [0.2, 0.25) is 6.10 Å². The lowest BCUT2D eigenvalue weighted by Gasteiger charge is -2.30. The van der Waals surface area contributed by atoms with E-state index >= 15 is 0 Å². The maximum atomic E-state index is 12.8. The van der Waals surface area contributed by atoms with E-state index in [1.165, 1.54) is 11.1 Å². The summed E-state index contributed by atoms with van der Waals surface area (Å²) in [5.74, 6) is 0.0262. The first-order chi connectivity index (χ1) is 11.7. The Morgan fingerprint density at radius 3 is 2.83 bits per heavy atom. The minimum atomic E-state index is -0.510. The van der Waals surface area contributed by atoms with Crippen LogP contribution < -0.4 is 0 Å². The van der Waals surface area contributed by atoms with Crippen LogP contribution in [0.3, 0.4) is 0 Å². The van der Waals surface area contributed by atoms with Crippen molar-refractivity contribution in [2.24, 2.45) is 5.16 Å². The molecule has 122 valence electrons. The van der Waals surface area contributed by atoms with Gasteiger partial charge in [0, 0.05) is 29.5 Å². The molecule has 2 aromatic rings. The molecule has 4 rings (SSSR count). The average Bonchev–Trinajstić information content (AvgIpc) is 3.11. The number of nitrogens with zero attached hydrogens (tertiary/aromatic N) is 2. The quantitative estimate of drug-likeness (QED) is 0.794. The summed E-state index contributed by atoms with van der Waals surface area (Å²) in [6, 6.07) is 16.2. The molecule has 0 fully saturated rings. The van der Waals surface area contributed by atoms with E-state index in [1.807, 2.05) is 35.2 Å². The number of halogens is 1. The van der Waals surface area contributed by atoms with Crippen molar-refractivity contribution < 1.29 is 9.63 Å². The Balaban J connectivity index is 1.44. The highest BCUT2D eigenvalue weighted by atomic mass is 79.9. The van der Waals surface area contributed by atoms with Crippen molar-refractivity contribution in [3.8, 4) is 0 Å². The molecule has 0 spiro atoms. The predicted molar refractivity (Wildman–Crippen MR) is 95.7 cm³/mol. The molecular weight excluding hydrogens is 368 g/mol. The van der Waals surface area contributed by atoms with Gasteiger partial charge in [-0.2, -0.15) is 0 Å². The Kier molecular flexibility index (Phi) is 4.10. The van der Waals surface area contributed by atoms with Crippen LogP contribution in [0.1, 0.15) is 23.1 Å². The minimum Gasteiger partial charge on any atom is -0.382 e. The minimum absolute atomic E-state index is 0.0262. The van der Waals surface area contributed by atoms with Gasteiger partial charge in [0.05, 0.1) is 5.71 Å². The monoisotopic (exact) mass is 384 g/mol. The number of amides is 1. The van der Waals surface area contributed by atoms with Crippen molar-refractivity contribution in [2.75, 3.05) is 6.54 Å². The topological polar surface area (TPSA) is 41.9 Å². The molecule has 2 aliphatic heterocycles. The normalized spacial score (nSPS) is 19.5. The van der Waals surface area contributed by atoms with Crippen LogP contribution in [0.25, 0.3) is 0 Å². The number of hydrogen-bond acceptors (Lipinski definition) is 3. The summed E-state index contributed by atoms with van der Waals surface area (Å²) >= 11 is 3.46. The van der Waals surface area contributed by atoms with E-state index in [4.69, 9.17) is 4.84 Å². The molecule has 2 aliphatic rings. The second kappa shape index (κ2) is 6.40. The summed E-state index contributed by atoms with van der Waals surface area (Å²) in [5, 5.41) is 4.14. The summed E-state index contributed by atoms with van der Waals surface area (Å²) < 4.78 is 0.991. The molecule has 0 aromatic heterocycles. The largest absolute Gasteiger partial charge is 0.382 e. The van der Waals surface area contributed by atoms with Crippen molar-refractivity contribution >= 4 is 27.5 Å². The predicted octanol–water partition coefficient (Wildman–Crippen LogP) is 3.53. The van der Waals surface area contributed by atoms with Crippen LogP contribution in [0, 0.1) is 0 Å². The molecule has 0 N–H and O–H groups in total. The highest BCUT2D eigenvalue weighted by molar-refractivity contribution is 9.10. The average molecular weight is 385 g/mol. The standard InChI is InChI=1S/C19H17BrN2O2/c20-16-7-3-6-14(10-16)17-11-18(24-21-17)19(23)22-9-8-13-4-1-2-5-15(13)12-22/h1-7,10,18H,8-9,11-12H2/t18-/m0/s1. The zero-order valence-corrected chi connectivity index (χ0v) is 14.7. The zero-order valence-electron chi connectivity index (χ0n) is 13.1. The molecule has 2 aromatic carbocycles. The number of hydrogen-bond donors (Lipinski definition) is 0. The summed E-state index contributed by atoms with van der Waals surface area (Å²) in [6.45, 7) is 1.39. The van der Waals surface area contributed by atoms with Crippen LogP contribution in [0.2, 0.25) is 0 Å². The van der Waals surface area contributed by atoms with Gasteiger partial charge in [-0.05, 0) is 29.7 Å². The van der Waals surface area contributed by atoms with Crippen molar-refractivity contribution in [1.29, 1.82) is 0 Å². The number of benzene rings is 2. The Morgan fingerprint density at radius 2 is 2.00 bits per heavy atom. The summed E-state index contributed by atoms with van der Waals surface area (Å²) in [4.78, 5) is 20.1. The number of carbonyl (C=O) groups is 1. The molecule has 4 nitrogen and oxygen atoms in total. The third-order valence-electron chi connectivity index (χ3n) is 4.54. The molecule has 0 unspecified atom stereocenters. The highest BCUT2D eigenvalue weighted by Gasteiger charge is 2.33. The van der Waals surface area contributed by atoms with Gasteiger partial charge in [0.25, 0.3) is 5.91 Å². The molecule has 1 atom stereocenters. The van der Waals surface area contributed by atoms with Gasteiger partial charge >= 0.3 is 0 Å². The first-order valence-electron chi connectivity index (χ1n) is 8.05. The van der Waals surface area contributed by atoms with Crippen LogP contribution in [-0.2, 0) is 22.6 Å². The van der Waals surface area contributed by atoms with Gasteiger partial charge in [0.15, 0.2) is 0 Å². The van der Waals surface area contributed by atoms with E-state index in [9.17, 15) is 4.79 Å². The first-order valence-corrected chi connectivity index (χ1v) is 8.84. The summed E-state index contributed by atoms with van der Waals surface area (Å²) in [5.41, 5.74) is 4.37. The maximum Gasteiger partial charge on any atom is 0.267 e. The van der Waals surface area contributed by atoms with Crippen LogP contribution in [-0.4, -0.2) is 29.2 Å². The molecule has 0 saturated heterocycles. The number of rotatable bonds is 2. The Labute approximate surface area is 149 Å². The zero-order chi connectivity index (χ0) is 16.5. The van der Waals surface area contributed by atoms with Crippen LogP contribution >= 0.6 is 15.9 Å². The van der Waals surface area contributed by atoms with E-state index in [2.05, 4.69) is 39.3 Å². The lowest BCUT2D eigenvalue weighted by molar-refractivity contribution is -0.143. The maximum absolute atomic E-state index is 12.8. The molecule has 0 aliphatic carbocycles. The number of carbonyl (C=O) groups excluding carboxylic acids is 1. The molecule has 0 bridgehead atoms. The van der Waals surface area contributed by atoms with Crippen LogP contribution in [0.5, 0.6) is 0 Å². The van der Waals surface area contributed by atoms with E-state index < -0.39 is 6.10 Å². The van der Waals surface area contributed by atoms with Gasteiger partial charge in [-0.25, -0.2) is 0 Å². The van der Waals surface area contributed by atoms with Gasteiger partial charge in [-0.1, -0.05) is 57.5 Å². The van der Waals surface area contributed by atoms with Crippen LogP contribution in [0.15, 0.2) is 58.2 Å². The van der Waals surface area contributed by atoms with Gasteiger partial charge in [-0.3, -0.25) is 4.79 Å². The van der Waals surface area contributed by atoms with Crippen molar-refractivity contribution in [2.45, 2.75) is 25.5 Å². The molecule has 2 heterocycles. The van der Waals surface area contributed by atoms with E-state index in [0.29, 0.717) is 13.0 Å². The fourth-order valence-corrected chi connectivity index (χ4v) is 3.64. The Morgan fingerprint density at radius 1 is 1.17 bits per heavy atom. The van der Waals surface area contributed by atoms with Crippen molar-refractivity contribution in [1.82, 2.24) is 4.90 Å². The smallest absolute Gasteiger partial charge is 0.267 e. The highest BCUT2D eigenvalue weighted by Crippen LogP contribution is 2.24. The molecule has 0 radical (unpaired) electrons. The molecule has 1 amide bonds. The lowest BCUT2D eigenvalue weighted by atomic mass is 9.98. The first kappa shape index (κ1) is 15.4. The van der Waals surface area contributed by atoms with E-state index in [-0.39, 0.29) is 5.91 Å². The Bertz CT molecular complexity index is 819. The van der Waals surface area contributed by atoms with Crippen LogP contribution in [0.4, 0.5) is 0 Å². The van der Waals surface area contributed by atoms with E-state index in [1.54, 1.807) is 0 Å². The fourth-order valence-electron chi connectivity index (χ4n) is 3.24. The van der Waals surface area contributed by atoms with Gasteiger partial charge < -0.3 is 9.74 Å². The second-order valence-electron chi connectivity index (χ2n) is 6.13. The molecule has 5 heteroatoms. The third kappa shape index (κ3) is 2.96. The van der Waals surface area contributed by atoms with Crippen molar-refractivity contribution in [3.05, 3.63) is 69.7 Å². The number of fused-ring (bicyclic) bond motifs is 1. The summed E-state index contributed by atoms with van der Waals surface area (Å²) in [6.07, 6.45) is 0.908. The fraction of sp³-hybridized carbons (Fsp3) is 0.263. The Hall–Kier alpha value is -2.14. The SMILES string of the molecule is O=C([C@@H]1CC(c2cccc(Br)c2)=NO1)N1CCc2ccccc2C1. The third-order valence-corrected chi connectivity index (χ3v) is 5.04. The van der Waals surface area contributed by atoms with Gasteiger partial charge in [-0.15, -0.1) is 0 Å². The lowest BCUT2D eigenvalue weighted by Crippen LogP contribution is -2.42. The molecular formula is C19H17BrN2O2. The van der Waals surface area contributed by atoms with Gasteiger partial charge in [0.1, 0.15) is 0 Å². The second-order valence-corrected chi connectivity index (χ2v) is 7.04. The van der Waals surface area contributed by atoms with Crippen molar-refractivity contribution in [3.63, 3.8) is 0 Å². The molecule has 24 heavy (non-hydrogen) atoms. The molecule has 0 saturated carbocycles. The van der Waals surface area contributed by atoms with E-state index in [0.717, 1.165) is 28.7 Å². The number of oxime groups is 1.